The fourth-order valence-electron chi connectivity index (χ4n) is 2.91. The van der Waals surface area contributed by atoms with Gasteiger partial charge in [0.1, 0.15) is 5.75 Å². The standard InChI is InChI=1S/C26H21N3O/c1-30-26-17-7-20(8-18-26)19-27-23-13-9-21(10-14-23)22-11-15-25(16-12-22)29-28-24-5-3-2-4-6-24/h2-19H,1H3. The van der Waals surface area contributed by atoms with Gasteiger partial charge in [-0.15, -0.1) is 0 Å². The Labute approximate surface area is 176 Å². The van der Waals surface area contributed by atoms with Crippen molar-refractivity contribution >= 4 is 23.3 Å². The Balaban J connectivity index is 1.42. The number of benzene rings is 4. The minimum Gasteiger partial charge on any atom is -0.497 e. The van der Waals surface area contributed by atoms with Crippen molar-refractivity contribution in [3.8, 4) is 16.9 Å². The summed E-state index contributed by atoms with van der Waals surface area (Å²) in [5.41, 5.74) is 5.85. The highest BCUT2D eigenvalue weighted by atomic mass is 16.5. The number of methoxy groups -OCH3 is 1. The number of aliphatic imine (C=N–C) groups is 1. The summed E-state index contributed by atoms with van der Waals surface area (Å²) >= 11 is 0. The second-order valence-electron chi connectivity index (χ2n) is 6.66. The van der Waals surface area contributed by atoms with Gasteiger partial charge < -0.3 is 4.74 Å². The SMILES string of the molecule is COc1ccc(C=Nc2ccc(-c3ccc(N=Nc4ccccc4)cc3)cc2)cc1. The Morgan fingerprint density at radius 3 is 1.67 bits per heavy atom. The molecule has 30 heavy (non-hydrogen) atoms. The lowest BCUT2D eigenvalue weighted by Crippen LogP contribution is -1.84. The molecule has 0 unspecified atom stereocenters. The Bertz CT molecular complexity index is 1130. The lowest BCUT2D eigenvalue weighted by Gasteiger charge is -2.03. The molecule has 0 saturated heterocycles. The molecule has 4 nitrogen and oxygen atoms in total. The maximum Gasteiger partial charge on any atom is 0.118 e. The summed E-state index contributed by atoms with van der Waals surface area (Å²) in [5, 5.41) is 8.54. The van der Waals surface area contributed by atoms with Gasteiger partial charge in [-0.05, 0) is 77.4 Å². The molecule has 146 valence electrons. The molecule has 0 saturated carbocycles. The summed E-state index contributed by atoms with van der Waals surface area (Å²) in [6.45, 7) is 0. The van der Waals surface area contributed by atoms with Crippen LogP contribution in [0.2, 0.25) is 0 Å². The summed E-state index contributed by atoms with van der Waals surface area (Å²) in [7, 11) is 1.66. The number of hydrogen-bond acceptors (Lipinski definition) is 4. The molecule has 0 aliphatic carbocycles. The van der Waals surface area contributed by atoms with Gasteiger partial charge >= 0.3 is 0 Å². The molecule has 0 heterocycles. The lowest BCUT2D eigenvalue weighted by atomic mass is 10.1. The van der Waals surface area contributed by atoms with Crippen LogP contribution in [0.4, 0.5) is 17.1 Å². The minimum atomic E-state index is 0.823. The van der Waals surface area contributed by atoms with E-state index in [1.807, 2.05) is 85.1 Å². The zero-order valence-electron chi connectivity index (χ0n) is 16.6. The van der Waals surface area contributed by atoms with Crippen LogP contribution in [-0.4, -0.2) is 13.3 Å². The van der Waals surface area contributed by atoms with Gasteiger partial charge in [0.2, 0.25) is 0 Å². The van der Waals surface area contributed by atoms with Gasteiger partial charge in [0.05, 0.1) is 24.2 Å². The van der Waals surface area contributed by atoms with Gasteiger partial charge in [0, 0.05) is 6.21 Å². The zero-order valence-corrected chi connectivity index (χ0v) is 16.6. The molecule has 4 aromatic carbocycles. The first-order chi connectivity index (χ1) is 14.8. The van der Waals surface area contributed by atoms with E-state index in [9.17, 15) is 0 Å². The molecule has 0 N–H and O–H groups in total. The predicted octanol–water partition coefficient (Wildman–Crippen LogP) is 7.53. The molecule has 0 aromatic heterocycles. The Hall–Kier alpha value is -4.05. The van der Waals surface area contributed by atoms with Gasteiger partial charge in [0.15, 0.2) is 0 Å². The van der Waals surface area contributed by atoms with Crippen molar-refractivity contribution in [3.05, 3.63) is 109 Å². The highest BCUT2D eigenvalue weighted by Gasteiger charge is 1.99. The van der Waals surface area contributed by atoms with Crippen molar-refractivity contribution < 1.29 is 4.74 Å². The van der Waals surface area contributed by atoms with Crippen LogP contribution in [0.25, 0.3) is 11.1 Å². The molecule has 0 fully saturated rings. The van der Waals surface area contributed by atoms with Crippen molar-refractivity contribution in [2.24, 2.45) is 15.2 Å². The molecule has 0 spiro atoms. The Kier molecular flexibility index (Phi) is 6.06. The normalized spacial score (nSPS) is 11.2. The molecule has 0 aliphatic heterocycles. The van der Waals surface area contributed by atoms with E-state index >= 15 is 0 Å². The van der Waals surface area contributed by atoms with E-state index in [0.717, 1.165) is 39.5 Å². The fourth-order valence-corrected chi connectivity index (χ4v) is 2.91. The van der Waals surface area contributed by atoms with Crippen LogP contribution in [0.5, 0.6) is 5.75 Å². The third kappa shape index (κ3) is 5.06. The molecular formula is C26H21N3O. The van der Waals surface area contributed by atoms with E-state index in [2.05, 4.69) is 39.5 Å². The van der Waals surface area contributed by atoms with E-state index in [4.69, 9.17) is 4.74 Å². The van der Waals surface area contributed by atoms with Gasteiger partial charge in [-0.2, -0.15) is 10.2 Å². The quantitative estimate of drug-likeness (QED) is 0.247. The molecule has 4 rings (SSSR count). The molecule has 0 atom stereocenters. The first-order valence-corrected chi connectivity index (χ1v) is 9.65. The Morgan fingerprint density at radius 2 is 1.10 bits per heavy atom. The molecule has 0 bridgehead atoms. The van der Waals surface area contributed by atoms with Crippen LogP contribution in [-0.2, 0) is 0 Å². The van der Waals surface area contributed by atoms with E-state index in [0.29, 0.717) is 0 Å². The first kappa shape index (κ1) is 19.3. The largest absolute Gasteiger partial charge is 0.497 e. The summed E-state index contributed by atoms with van der Waals surface area (Å²) in [6.07, 6.45) is 1.85. The third-order valence-corrected chi connectivity index (χ3v) is 4.58. The van der Waals surface area contributed by atoms with Crippen LogP contribution < -0.4 is 4.74 Å². The van der Waals surface area contributed by atoms with Crippen LogP contribution in [0.1, 0.15) is 5.56 Å². The van der Waals surface area contributed by atoms with Crippen molar-refractivity contribution in [3.63, 3.8) is 0 Å². The number of azo groups is 1. The van der Waals surface area contributed by atoms with Crippen molar-refractivity contribution in [2.75, 3.05) is 7.11 Å². The van der Waals surface area contributed by atoms with Crippen molar-refractivity contribution in [1.29, 1.82) is 0 Å². The van der Waals surface area contributed by atoms with Gasteiger partial charge in [-0.3, -0.25) is 4.99 Å². The van der Waals surface area contributed by atoms with Crippen LogP contribution in [0, 0.1) is 0 Å². The van der Waals surface area contributed by atoms with Crippen molar-refractivity contribution in [1.82, 2.24) is 0 Å². The molecule has 4 heteroatoms. The third-order valence-electron chi connectivity index (χ3n) is 4.58. The van der Waals surface area contributed by atoms with Gasteiger partial charge in [-0.25, -0.2) is 0 Å². The summed E-state index contributed by atoms with van der Waals surface area (Å²) in [5.74, 6) is 0.837. The Morgan fingerprint density at radius 1 is 0.567 bits per heavy atom. The molecule has 4 aromatic rings. The maximum absolute atomic E-state index is 5.17. The second kappa shape index (κ2) is 9.43. The number of hydrogen-bond donors (Lipinski definition) is 0. The molecular weight excluding hydrogens is 370 g/mol. The van der Waals surface area contributed by atoms with Gasteiger partial charge in [0.25, 0.3) is 0 Å². The minimum absolute atomic E-state index is 0.823. The summed E-state index contributed by atoms with van der Waals surface area (Å²) in [6, 6.07) is 33.7. The fraction of sp³-hybridized carbons (Fsp3) is 0.0385. The maximum atomic E-state index is 5.17. The zero-order chi connectivity index (χ0) is 20.6. The topological polar surface area (TPSA) is 46.3 Å². The lowest BCUT2D eigenvalue weighted by molar-refractivity contribution is 0.415. The number of nitrogens with zero attached hydrogens (tertiary/aromatic N) is 3. The highest BCUT2D eigenvalue weighted by molar-refractivity contribution is 5.82. The number of ether oxygens (including phenoxy) is 1. The monoisotopic (exact) mass is 391 g/mol. The van der Waals surface area contributed by atoms with Crippen LogP contribution in [0.15, 0.2) is 118 Å². The second-order valence-corrected chi connectivity index (χ2v) is 6.66. The summed E-state index contributed by atoms with van der Waals surface area (Å²) in [4.78, 5) is 4.54. The van der Waals surface area contributed by atoms with E-state index in [1.54, 1.807) is 7.11 Å². The van der Waals surface area contributed by atoms with E-state index in [-0.39, 0.29) is 0 Å². The summed E-state index contributed by atoms with van der Waals surface area (Å²) < 4.78 is 5.17. The smallest absolute Gasteiger partial charge is 0.118 e. The van der Waals surface area contributed by atoms with E-state index < -0.39 is 0 Å². The molecule has 0 aliphatic rings. The van der Waals surface area contributed by atoms with Crippen LogP contribution >= 0.6 is 0 Å². The average molecular weight is 391 g/mol. The number of rotatable bonds is 6. The predicted molar refractivity (Wildman–Crippen MR) is 123 cm³/mol. The average Bonchev–Trinajstić information content (AvgIpc) is 2.83. The van der Waals surface area contributed by atoms with Gasteiger partial charge in [-0.1, -0.05) is 42.5 Å². The van der Waals surface area contributed by atoms with Crippen LogP contribution in [0.3, 0.4) is 0 Å². The molecule has 0 amide bonds. The van der Waals surface area contributed by atoms with Crippen molar-refractivity contribution in [2.45, 2.75) is 0 Å². The first-order valence-electron chi connectivity index (χ1n) is 9.65. The highest BCUT2D eigenvalue weighted by Crippen LogP contribution is 2.26. The van der Waals surface area contributed by atoms with E-state index in [1.165, 1.54) is 0 Å². The molecule has 0 radical (unpaired) electrons.